The van der Waals surface area contributed by atoms with E-state index in [9.17, 15) is 4.79 Å². The molecule has 0 aliphatic heterocycles. The largest absolute Gasteiger partial charge is 0.496 e. The lowest BCUT2D eigenvalue weighted by Gasteiger charge is -2.19. The molecule has 1 unspecified atom stereocenters. The van der Waals surface area contributed by atoms with E-state index < -0.39 is 0 Å². The second-order valence-electron chi connectivity index (χ2n) is 5.95. The number of nitrogens with one attached hydrogen (secondary N) is 2. The number of hydrogen-bond acceptors (Lipinski definition) is 3. The monoisotopic (exact) mass is 326 g/mol. The standard InChI is InChI=1S/C20H26N2O2/c1-14-9-10-19(24-4)18(13-14)15(2)22-20(23)17-8-6-5-7-16(17)11-12-21-3/h5-10,13,15,21H,11-12H2,1-4H3,(H,22,23). The van der Waals surface area contributed by atoms with E-state index >= 15 is 0 Å². The highest BCUT2D eigenvalue weighted by atomic mass is 16.5. The fourth-order valence-corrected chi connectivity index (χ4v) is 2.76. The number of hydrogen-bond donors (Lipinski definition) is 2. The molecule has 0 saturated heterocycles. The number of carbonyl (C=O) groups excluding carboxylic acids is 1. The van der Waals surface area contributed by atoms with E-state index in [-0.39, 0.29) is 11.9 Å². The van der Waals surface area contributed by atoms with E-state index in [1.54, 1.807) is 7.11 Å². The number of likely N-dealkylation sites (N-methyl/N-ethyl adjacent to an activating group) is 1. The van der Waals surface area contributed by atoms with Gasteiger partial charge in [-0.25, -0.2) is 0 Å². The van der Waals surface area contributed by atoms with Gasteiger partial charge in [0.15, 0.2) is 0 Å². The van der Waals surface area contributed by atoms with E-state index in [4.69, 9.17) is 4.74 Å². The lowest BCUT2D eigenvalue weighted by atomic mass is 10.0. The number of rotatable bonds is 7. The van der Waals surface area contributed by atoms with Crippen molar-refractivity contribution < 1.29 is 9.53 Å². The molecule has 4 nitrogen and oxygen atoms in total. The summed E-state index contributed by atoms with van der Waals surface area (Å²) in [5.74, 6) is 0.731. The summed E-state index contributed by atoms with van der Waals surface area (Å²) in [4.78, 5) is 12.7. The maximum Gasteiger partial charge on any atom is 0.252 e. The number of aryl methyl sites for hydroxylation is 1. The number of benzene rings is 2. The van der Waals surface area contributed by atoms with E-state index in [1.807, 2.05) is 57.3 Å². The minimum Gasteiger partial charge on any atom is -0.496 e. The van der Waals surface area contributed by atoms with Crippen LogP contribution in [-0.4, -0.2) is 26.6 Å². The quantitative estimate of drug-likeness (QED) is 0.821. The summed E-state index contributed by atoms with van der Waals surface area (Å²) < 4.78 is 5.43. The molecule has 0 aromatic heterocycles. The van der Waals surface area contributed by atoms with Gasteiger partial charge in [-0.2, -0.15) is 0 Å². The van der Waals surface area contributed by atoms with Crippen molar-refractivity contribution in [2.24, 2.45) is 0 Å². The Morgan fingerprint density at radius 3 is 2.67 bits per heavy atom. The first kappa shape index (κ1) is 18.0. The molecule has 0 aliphatic carbocycles. The second kappa shape index (κ2) is 8.50. The number of amides is 1. The van der Waals surface area contributed by atoms with Crippen LogP contribution in [0.2, 0.25) is 0 Å². The third-order valence-corrected chi connectivity index (χ3v) is 4.11. The summed E-state index contributed by atoms with van der Waals surface area (Å²) in [6.45, 7) is 4.85. The average Bonchev–Trinajstić information content (AvgIpc) is 2.60. The molecule has 0 spiro atoms. The molecule has 0 bridgehead atoms. The Morgan fingerprint density at radius 2 is 1.96 bits per heavy atom. The normalized spacial score (nSPS) is 11.8. The fraction of sp³-hybridized carbons (Fsp3) is 0.350. The molecule has 2 aromatic carbocycles. The fourth-order valence-electron chi connectivity index (χ4n) is 2.76. The highest BCUT2D eigenvalue weighted by Gasteiger charge is 2.17. The van der Waals surface area contributed by atoms with Gasteiger partial charge in [-0.1, -0.05) is 35.9 Å². The Kier molecular flexibility index (Phi) is 6.38. The summed E-state index contributed by atoms with van der Waals surface area (Å²) >= 11 is 0. The van der Waals surface area contributed by atoms with Crippen LogP contribution in [0.1, 0.15) is 40.0 Å². The van der Waals surface area contributed by atoms with Gasteiger partial charge in [-0.3, -0.25) is 4.79 Å². The van der Waals surface area contributed by atoms with Crippen LogP contribution in [0.3, 0.4) is 0 Å². The predicted molar refractivity (Wildman–Crippen MR) is 97.7 cm³/mol. The maximum atomic E-state index is 12.7. The molecule has 0 aliphatic rings. The summed E-state index contributed by atoms with van der Waals surface area (Å²) in [7, 11) is 3.56. The zero-order valence-electron chi connectivity index (χ0n) is 14.8. The lowest BCUT2D eigenvalue weighted by molar-refractivity contribution is 0.0938. The molecule has 2 N–H and O–H groups in total. The summed E-state index contributed by atoms with van der Waals surface area (Å²) in [5.41, 5.74) is 3.90. The third kappa shape index (κ3) is 4.36. The number of methoxy groups -OCH3 is 1. The molecular weight excluding hydrogens is 300 g/mol. The van der Waals surface area contributed by atoms with E-state index in [0.717, 1.165) is 41.0 Å². The molecule has 0 fully saturated rings. The van der Waals surface area contributed by atoms with Crippen LogP contribution in [0.5, 0.6) is 5.75 Å². The molecular formula is C20H26N2O2. The van der Waals surface area contributed by atoms with Crippen molar-refractivity contribution in [1.82, 2.24) is 10.6 Å². The van der Waals surface area contributed by atoms with Gasteiger partial charge in [0, 0.05) is 11.1 Å². The van der Waals surface area contributed by atoms with E-state index in [0.29, 0.717) is 0 Å². The first-order valence-corrected chi connectivity index (χ1v) is 8.24. The van der Waals surface area contributed by atoms with Crippen molar-refractivity contribution in [3.8, 4) is 5.75 Å². The van der Waals surface area contributed by atoms with Crippen LogP contribution >= 0.6 is 0 Å². The van der Waals surface area contributed by atoms with Gasteiger partial charge in [-0.15, -0.1) is 0 Å². The van der Waals surface area contributed by atoms with Gasteiger partial charge in [0.25, 0.3) is 5.91 Å². The molecule has 24 heavy (non-hydrogen) atoms. The molecule has 0 radical (unpaired) electrons. The van der Waals surface area contributed by atoms with Gasteiger partial charge in [0.1, 0.15) is 5.75 Å². The molecule has 4 heteroatoms. The van der Waals surface area contributed by atoms with Crippen LogP contribution in [0.4, 0.5) is 0 Å². The summed E-state index contributed by atoms with van der Waals surface area (Å²) in [6.07, 6.45) is 0.822. The van der Waals surface area contributed by atoms with Crippen molar-refractivity contribution in [1.29, 1.82) is 0 Å². The number of ether oxygens (including phenoxy) is 1. The number of carbonyl (C=O) groups is 1. The van der Waals surface area contributed by atoms with Gasteiger partial charge in [-0.05, 0) is 51.6 Å². The predicted octanol–water partition coefficient (Wildman–Crippen LogP) is 3.26. The van der Waals surface area contributed by atoms with Crippen molar-refractivity contribution in [2.45, 2.75) is 26.3 Å². The Balaban J connectivity index is 2.19. The van der Waals surface area contributed by atoms with Crippen LogP contribution in [-0.2, 0) is 6.42 Å². The zero-order chi connectivity index (χ0) is 17.5. The Bertz CT molecular complexity index is 698. The molecule has 128 valence electrons. The topological polar surface area (TPSA) is 50.4 Å². The smallest absolute Gasteiger partial charge is 0.252 e. The first-order chi connectivity index (χ1) is 11.6. The van der Waals surface area contributed by atoms with Crippen molar-refractivity contribution in [3.05, 3.63) is 64.7 Å². The summed E-state index contributed by atoms with van der Waals surface area (Å²) in [5, 5.41) is 6.21. The minimum absolute atomic E-state index is 0.0576. The average molecular weight is 326 g/mol. The van der Waals surface area contributed by atoms with Gasteiger partial charge in [0.05, 0.1) is 13.2 Å². The summed E-state index contributed by atoms with van der Waals surface area (Å²) in [6, 6.07) is 13.6. The van der Waals surface area contributed by atoms with Crippen LogP contribution in [0, 0.1) is 6.92 Å². The van der Waals surface area contributed by atoms with Crippen LogP contribution in [0.25, 0.3) is 0 Å². The van der Waals surface area contributed by atoms with Crippen LogP contribution in [0.15, 0.2) is 42.5 Å². The highest BCUT2D eigenvalue weighted by Crippen LogP contribution is 2.26. The van der Waals surface area contributed by atoms with Gasteiger partial charge in [0.2, 0.25) is 0 Å². The van der Waals surface area contributed by atoms with Crippen molar-refractivity contribution in [3.63, 3.8) is 0 Å². The molecule has 2 aromatic rings. The maximum absolute atomic E-state index is 12.7. The van der Waals surface area contributed by atoms with E-state index in [2.05, 4.69) is 16.7 Å². The van der Waals surface area contributed by atoms with Gasteiger partial charge < -0.3 is 15.4 Å². The van der Waals surface area contributed by atoms with Crippen LogP contribution < -0.4 is 15.4 Å². The van der Waals surface area contributed by atoms with Crippen molar-refractivity contribution >= 4 is 5.91 Å². The zero-order valence-corrected chi connectivity index (χ0v) is 14.8. The SMILES string of the molecule is CNCCc1ccccc1C(=O)NC(C)c1cc(C)ccc1OC. The molecule has 1 atom stereocenters. The Morgan fingerprint density at radius 1 is 1.21 bits per heavy atom. The van der Waals surface area contributed by atoms with Crippen molar-refractivity contribution in [2.75, 3.05) is 20.7 Å². The highest BCUT2D eigenvalue weighted by molar-refractivity contribution is 5.96. The van der Waals surface area contributed by atoms with Gasteiger partial charge >= 0.3 is 0 Å². The lowest BCUT2D eigenvalue weighted by Crippen LogP contribution is -2.28. The Hall–Kier alpha value is -2.33. The molecule has 0 heterocycles. The molecule has 2 rings (SSSR count). The molecule has 0 saturated carbocycles. The first-order valence-electron chi connectivity index (χ1n) is 8.24. The third-order valence-electron chi connectivity index (χ3n) is 4.11. The minimum atomic E-state index is -0.135. The molecule has 1 amide bonds. The second-order valence-corrected chi connectivity index (χ2v) is 5.95. The van der Waals surface area contributed by atoms with E-state index in [1.165, 1.54) is 0 Å². The Labute approximate surface area is 144 Å².